The summed E-state index contributed by atoms with van der Waals surface area (Å²) in [7, 11) is 1.72. The normalized spacial score (nSPS) is 10.3. The van der Waals surface area contributed by atoms with Crippen molar-refractivity contribution in [1.29, 1.82) is 0 Å². The van der Waals surface area contributed by atoms with Gasteiger partial charge in [-0.15, -0.1) is 0 Å². The van der Waals surface area contributed by atoms with Gasteiger partial charge in [0.05, 0.1) is 16.9 Å². The molecule has 0 aliphatic heterocycles. The molecule has 0 spiro atoms. The monoisotopic (exact) mass is 246 g/mol. The number of para-hydroxylation sites is 1. The maximum absolute atomic E-state index is 12.0. The molecule has 0 saturated carbocycles. The van der Waals surface area contributed by atoms with E-state index in [2.05, 4.69) is 10.4 Å². The second-order valence-electron chi connectivity index (χ2n) is 3.99. The van der Waals surface area contributed by atoms with Crippen LogP contribution in [0.15, 0.2) is 24.3 Å². The Bertz CT molecular complexity index is 604. The van der Waals surface area contributed by atoms with E-state index >= 15 is 0 Å². The fourth-order valence-corrected chi connectivity index (χ4v) is 1.66. The Hall–Kier alpha value is -2.50. The van der Waals surface area contributed by atoms with E-state index in [9.17, 15) is 9.90 Å². The number of phenols is 1. The lowest BCUT2D eigenvalue weighted by Crippen LogP contribution is -2.15. The van der Waals surface area contributed by atoms with E-state index in [0.29, 0.717) is 5.82 Å². The van der Waals surface area contributed by atoms with E-state index in [-0.39, 0.29) is 17.0 Å². The van der Waals surface area contributed by atoms with Gasteiger partial charge in [0, 0.05) is 13.1 Å². The third-order valence-electron chi connectivity index (χ3n) is 2.56. The number of amides is 1. The van der Waals surface area contributed by atoms with Crippen LogP contribution in [0.2, 0.25) is 0 Å². The highest BCUT2D eigenvalue weighted by atomic mass is 16.3. The fraction of sp³-hybridized carbons (Fsp3) is 0.167. The maximum Gasteiger partial charge on any atom is 0.260 e. The molecule has 4 N–H and O–H groups in total. The number of rotatable bonds is 2. The molecule has 0 radical (unpaired) electrons. The summed E-state index contributed by atoms with van der Waals surface area (Å²) in [4.78, 5) is 12.0. The molecule has 0 saturated heterocycles. The zero-order chi connectivity index (χ0) is 13.3. The second-order valence-corrected chi connectivity index (χ2v) is 3.99. The predicted molar refractivity (Wildman–Crippen MR) is 68.4 cm³/mol. The molecule has 0 bridgehead atoms. The number of nitrogens with one attached hydrogen (secondary N) is 1. The molecule has 0 aliphatic rings. The summed E-state index contributed by atoms with van der Waals surface area (Å²) >= 11 is 0. The van der Waals surface area contributed by atoms with Crippen molar-refractivity contribution in [2.75, 3.05) is 11.1 Å². The van der Waals surface area contributed by atoms with Crippen LogP contribution in [0.3, 0.4) is 0 Å². The number of hydrogen-bond acceptors (Lipinski definition) is 4. The highest BCUT2D eigenvalue weighted by Gasteiger charge is 2.14. The molecule has 1 amide bonds. The van der Waals surface area contributed by atoms with Gasteiger partial charge in [0.1, 0.15) is 5.82 Å². The summed E-state index contributed by atoms with van der Waals surface area (Å²) in [5.74, 6) is -0.0870. The number of nitrogens with two attached hydrogens (primary N) is 1. The summed E-state index contributed by atoms with van der Waals surface area (Å²) in [5.41, 5.74) is 6.64. The van der Waals surface area contributed by atoms with Gasteiger partial charge in [0.25, 0.3) is 5.91 Å². The van der Waals surface area contributed by atoms with Crippen LogP contribution >= 0.6 is 0 Å². The SMILES string of the molecule is Cc1cc(NC(=O)c2cccc(N)c2O)n(C)n1. The number of carbonyl (C=O) groups excluding carboxylic acids is 1. The molecule has 0 aliphatic carbocycles. The van der Waals surface area contributed by atoms with Gasteiger partial charge in [-0.05, 0) is 19.1 Å². The number of aryl methyl sites for hydroxylation is 2. The molecule has 6 heteroatoms. The van der Waals surface area contributed by atoms with Crippen LogP contribution in [-0.2, 0) is 7.05 Å². The number of aromatic nitrogens is 2. The highest BCUT2D eigenvalue weighted by molar-refractivity contribution is 6.06. The minimum atomic E-state index is -0.428. The van der Waals surface area contributed by atoms with Crippen molar-refractivity contribution in [3.63, 3.8) is 0 Å². The van der Waals surface area contributed by atoms with Crippen LogP contribution in [0.1, 0.15) is 16.1 Å². The lowest BCUT2D eigenvalue weighted by molar-refractivity contribution is 0.102. The molecule has 1 aromatic heterocycles. The molecular formula is C12H14N4O2. The number of aromatic hydroxyl groups is 1. The van der Waals surface area contributed by atoms with Crippen molar-refractivity contribution in [3.8, 4) is 5.75 Å². The van der Waals surface area contributed by atoms with Crippen molar-refractivity contribution >= 4 is 17.4 Å². The van der Waals surface area contributed by atoms with E-state index in [1.54, 1.807) is 23.9 Å². The number of phenolic OH excluding ortho intramolecular Hbond substituents is 1. The fourth-order valence-electron chi connectivity index (χ4n) is 1.66. The van der Waals surface area contributed by atoms with Crippen molar-refractivity contribution in [3.05, 3.63) is 35.5 Å². The first kappa shape index (κ1) is 12.0. The Balaban J connectivity index is 2.27. The van der Waals surface area contributed by atoms with Gasteiger partial charge < -0.3 is 16.2 Å². The number of nitrogens with zero attached hydrogens (tertiary/aromatic N) is 2. The van der Waals surface area contributed by atoms with Crippen LogP contribution < -0.4 is 11.1 Å². The van der Waals surface area contributed by atoms with E-state index in [1.807, 2.05) is 6.92 Å². The minimum Gasteiger partial charge on any atom is -0.505 e. The third kappa shape index (κ3) is 2.13. The first-order valence-electron chi connectivity index (χ1n) is 5.38. The Labute approximate surface area is 104 Å². The van der Waals surface area contributed by atoms with Gasteiger partial charge in [-0.2, -0.15) is 5.10 Å². The molecule has 18 heavy (non-hydrogen) atoms. The Kier molecular flexibility index (Phi) is 2.93. The van der Waals surface area contributed by atoms with Gasteiger partial charge in [0.2, 0.25) is 0 Å². The van der Waals surface area contributed by atoms with Crippen molar-refractivity contribution in [1.82, 2.24) is 9.78 Å². The molecule has 2 aromatic rings. The van der Waals surface area contributed by atoms with Gasteiger partial charge in [0.15, 0.2) is 5.75 Å². The van der Waals surface area contributed by atoms with Gasteiger partial charge in [-0.25, -0.2) is 0 Å². The maximum atomic E-state index is 12.0. The number of carbonyl (C=O) groups is 1. The summed E-state index contributed by atoms with van der Waals surface area (Å²) in [6.45, 7) is 1.83. The number of anilines is 2. The average Bonchev–Trinajstić information content (AvgIpc) is 2.61. The van der Waals surface area contributed by atoms with Gasteiger partial charge in [-0.3, -0.25) is 9.48 Å². The zero-order valence-corrected chi connectivity index (χ0v) is 10.1. The van der Waals surface area contributed by atoms with Gasteiger partial charge in [-0.1, -0.05) is 6.07 Å². The van der Waals surface area contributed by atoms with Crippen LogP contribution in [0.5, 0.6) is 5.75 Å². The summed E-state index contributed by atoms with van der Waals surface area (Å²) < 4.78 is 1.55. The third-order valence-corrected chi connectivity index (χ3v) is 2.56. The quantitative estimate of drug-likeness (QED) is 0.549. The lowest BCUT2D eigenvalue weighted by atomic mass is 10.1. The van der Waals surface area contributed by atoms with E-state index < -0.39 is 5.91 Å². The van der Waals surface area contributed by atoms with E-state index in [1.165, 1.54) is 12.1 Å². The molecule has 0 atom stereocenters. The molecule has 0 unspecified atom stereocenters. The van der Waals surface area contributed by atoms with Crippen LogP contribution in [-0.4, -0.2) is 20.8 Å². The van der Waals surface area contributed by atoms with E-state index in [4.69, 9.17) is 5.73 Å². The first-order chi connectivity index (χ1) is 8.49. The number of benzene rings is 1. The second kappa shape index (κ2) is 4.40. The molecular weight excluding hydrogens is 232 g/mol. The first-order valence-corrected chi connectivity index (χ1v) is 5.38. The van der Waals surface area contributed by atoms with Crippen LogP contribution in [0, 0.1) is 6.92 Å². The molecule has 1 aromatic carbocycles. The summed E-state index contributed by atoms with van der Waals surface area (Å²) in [6, 6.07) is 6.38. The molecule has 1 heterocycles. The number of hydrogen-bond donors (Lipinski definition) is 3. The molecule has 0 fully saturated rings. The average molecular weight is 246 g/mol. The lowest BCUT2D eigenvalue weighted by Gasteiger charge is -2.07. The smallest absolute Gasteiger partial charge is 0.260 e. The molecule has 94 valence electrons. The topological polar surface area (TPSA) is 93.2 Å². The predicted octanol–water partition coefficient (Wildman–Crippen LogP) is 1.27. The highest BCUT2D eigenvalue weighted by Crippen LogP contribution is 2.25. The number of nitrogen functional groups attached to an aromatic ring is 1. The van der Waals surface area contributed by atoms with Crippen LogP contribution in [0.4, 0.5) is 11.5 Å². The zero-order valence-electron chi connectivity index (χ0n) is 10.1. The van der Waals surface area contributed by atoms with Crippen LogP contribution in [0.25, 0.3) is 0 Å². The minimum absolute atomic E-state index is 0.133. The standard InChI is InChI=1S/C12H14N4O2/c1-7-6-10(16(2)15-7)14-12(18)8-4-3-5-9(13)11(8)17/h3-6,17H,13H2,1-2H3,(H,14,18). The van der Waals surface area contributed by atoms with Crippen molar-refractivity contribution in [2.24, 2.45) is 7.05 Å². The van der Waals surface area contributed by atoms with Crippen molar-refractivity contribution < 1.29 is 9.90 Å². The largest absolute Gasteiger partial charge is 0.505 e. The Morgan fingerprint density at radius 2 is 2.22 bits per heavy atom. The summed E-state index contributed by atoms with van der Waals surface area (Å²) in [5, 5.41) is 16.5. The Morgan fingerprint density at radius 3 is 2.83 bits per heavy atom. The Morgan fingerprint density at radius 1 is 1.50 bits per heavy atom. The molecule has 6 nitrogen and oxygen atoms in total. The van der Waals surface area contributed by atoms with E-state index in [0.717, 1.165) is 5.69 Å². The summed E-state index contributed by atoms with van der Waals surface area (Å²) in [6.07, 6.45) is 0. The molecule has 2 rings (SSSR count). The van der Waals surface area contributed by atoms with Gasteiger partial charge >= 0.3 is 0 Å². The van der Waals surface area contributed by atoms with Crippen molar-refractivity contribution in [2.45, 2.75) is 6.92 Å².